The van der Waals surface area contributed by atoms with Crippen molar-refractivity contribution in [3.63, 3.8) is 0 Å². The Hall–Kier alpha value is -3.52. The van der Waals surface area contributed by atoms with Crippen LogP contribution in [0, 0.1) is 0 Å². The number of ether oxygens (including phenoxy) is 1. The summed E-state index contributed by atoms with van der Waals surface area (Å²) < 4.78 is 5.75. The topological polar surface area (TPSA) is 96.9 Å². The molecule has 3 aromatic rings. The molecule has 4 rings (SSSR count). The Bertz CT molecular complexity index is 1130. The minimum absolute atomic E-state index is 0.0239. The van der Waals surface area contributed by atoms with Crippen LogP contribution in [0.15, 0.2) is 58.5 Å². The molecule has 2 aromatic carbocycles. The Kier molecular flexibility index (Phi) is 6.37. The molecule has 1 saturated heterocycles. The highest BCUT2D eigenvalue weighted by Crippen LogP contribution is 2.17. The van der Waals surface area contributed by atoms with Crippen LogP contribution in [0.5, 0.6) is 0 Å². The first-order valence-electron chi connectivity index (χ1n) is 10.2. The van der Waals surface area contributed by atoms with Crippen molar-refractivity contribution in [1.29, 1.82) is 0 Å². The lowest BCUT2D eigenvalue weighted by Gasteiger charge is -2.25. The molecule has 1 aliphatic rings. The van der Waals surface area contributed by atoms with Crippen molar-refractivity contribution in [2.45, 2.75) is 25.5 Å². The van der Waals surface area contributed by atoms with Gasteiger partial charge in [-0.25, -0.2) is 4.98 Å². The van der Waals surface area contributed by atoms with Crippen LogP contribution in [-0.4, -0.2) is 53.4 Å². The van der Waals surface area contributed by atoms with Gasteiger partial charge in [-0.2, -0.15) is 0 Å². The van der Waals surface area contributed by atoms with E-state index in [1.165, 1.54) is 7.11 Å². The van der Waals surface area contributed by atoms with E-state index in [1.54, 1.807) is 53.6 Å². The molecule has 1 aliphatic heterocycles. The SMILES string of the molecule is CON=Cc1ccc(C(=O)N(Cc2nc3ccccc3c(=O)[nH]2)CC2CCCO2)cc1. The molecule has 2 heterocycles. The summed E-state index contributed by atoms with van der Waals surface area (Å²) in [5, 5.41) is 4.25. The number of nitrogens with zero attached hydrogens (tertiary/aromatic N) is 3. The number of carbonyl (C=O) groups is 1. The van der Waals surface area contributed by atoms with E-state index < -0.39 is 0 Å². The first-order chi connectivity index (χ1) is 15.1. The molecule has 0 spiro atoms. The highest BCUT2D eigenvalue weighted by Gasteiger charge is 2.24. The largest absolute Gasteiger partial charge is 0.399 e. The number of hydrogen-bond acceptors (Lipinski definition) is 6. The molecule has 1 aromatic heterocycles. The van der Waals surface area contributed by atoms with Crippen molar-refractivity contribution >= 4 is 23.0 Å². The molecular weight excluding hydrogens is 396 g/mol. The number of carbonyl (C=O) groups excluding carboxylic acids is 1. The Labute approximate surface area is 179 Å². The Morgan fingerprint density at radius 2 is 2.10 bits per heavy atom. The maximum absolute atomic E-state index is 13.3. The van der Waals surface area contributed by atoms with Crippen molar-refractivity contribution in [2.75, 3.05) is 20.3 Å². The zero-order valence-electron chi connectivity index (χ0n) is 17.3. The zero-order chi connectivity index (χ0) is 21.6. The number of para-hydroxylation sites is 1. The maximum atomic E-state index is 13.3. The molecule has 8 nitrogen and oxygen atoms in total. The summed E-state index contributed by atoms with van der Waals surface area (Å²) in [6, 6.07) is 14.3. The minimum atomic E-state index is -0.216. The summed E-state index contributed by atoms with van der Waals surface area (Å²) in [7, 11) is 1.47. The van der Waals surface area contributed by atoms with E-state index in [4.69, 9.17) is 4.74 Å². The number of benzene rings is 2. The highest BCUT2D eigenvalue weighted by atomic mass is 16.6. The van der Waals surface area contributed by atoms with Crippen molar-refractivity contribution < 1.29 is 14.4 Å². The van der Waals surface area contributed by atoms with E-state index in [0.29, 0.717) is 35.4 Å². The van der Waals surface area contributed by atoms with Crippen LogP contribution in [0.3, 0.4) is 0 Å². The summed E-state index contributed by atoms with van der Waals surface area (Å²) >= 11 is 0. The molecule has 1 fully saturated rings. The minimum Gasteiger partial charge on any atom is -0.399 e. The molecule has 0 aliphatic carbocycles. The summed E-state index contributed by atoms with van der Waals surface area (Å²) in [6.07, 6.45) is 3.43. The molecule has 1 amide bonds. The Morgan fingerprint density at radius 3 is 2.84 bits per heavy atom. The highest BCUT2D eigenvalue weighted by molar-refractivity contribution is 5.95. The summed E-state index contributed by atoms with van der Waals surface area (Å²) in [6.45, 7) is 1.32. The first kappa shape index (κ1) is 20.7. The van der Waals surface area contributed by atoms with E-state index in [0.717, 1.165) is 18.4 Å². The maximum Gasteiger partial charge on any atom is 0.258 e. The lowest BCUT2D eigenvalue weighted by atomic mass is 10.1. The van der Waals surface area contributed by atoms with Gasteiger partial charge in [-0.15, -0.1) is 0 Å². The molecule has 0 saturated carbocycles. The third kappa shape index (κ3) is 4.97. The smallest absolute Gasteiger partial charge is 0.258 e. The second-order valence-electron chi connectivity index (χ2n) is 7.39. The number of oxime groups is 1. The number of amides is 1. The average molecular weight is 420 g/mol. The van der Waals surface area contributed by atoms with Crippen molar-refractivity contribution in [3.8, 4) is 0 Å². The van der Waals surface area contributed by atoms with Gasteiger partial charge in [0.05, 0.1) is 29.8 Å². The molecule has 1 N–H and O–H groups in total. The van der Waals surface area contributed by atoms with Gasteiger partial charge in [0.1, 0.15) is 12.9 Å². The predicted molar refractivity (Wildman–Crippen MR) is 117 cm³/mol. The van der Waals surface area contributed by atoms with E-state index in [2.05, 4.69) is 20.0 Å². The van der Waals surface area contributed by atoms with Gasteiger partial charge in [-0.05, 0) is 42.7 Å². The van der Waals surface area contributed by atoms with Crippen molar-refractivity contribution in [3.05, 3.63) is 75.8 Å². The van der Waals surface area contributed by atoms with E-state index in [-0.39, 0.29) is 24.1 Å². The fourth-order valence-electron chi connectivity index (χ4n) is 3.65. The van der Waals surface area contributed by atoms with Crippen LogP contribution < -0.4 is 5.56 Å². The van der Waals surface area contributed by atoms with E-state index in [1.807, 2.05) is 6.07 Å². The second kappa shape index (κ2) is 9.53. The molecule has 0 radical (unpaired) electrons. The van der Waals surface area contributed by atoms with Gasteiger partial charge in [0.2, 0.25) is 0 Å². The van der Waals surface area contributed by atoms with Gasteiger partial charge in [0, 0.05) is 18.7 Å². The summed E-state index contributed by atoms with van der Waals surface area (Å²) in [4.78, 5) is 39.5. The summed E-state index contributed by atoms with van der Waals surface area (Å²) in [5.74, 6) is 0.292. The molecule has 31 heavy (non-hydrogen) atoms. The fraction of sp³-hybridized carbons (Fsp3) is 0.304. The lowest BCUT2D eigenvalue weighted by molar-refractivity contribution is 0.0501. The Balaban J connectivity index is 1.60. The number of rotatable bonds is 7. The normalized spacial score (nSPS) is 16.1. The number of aromatic nitrogens is 2. The Morgan fingerprint density at radius 1 is 1.29 bits per heavy atom. The van der Waals surface area contributed by atoms with Gasteiger partial charge in [-0.3, -0.25) is 9.59 Å². The van der Waals surface area contributed by atoms with Gasteiger partial charge in [0.25, 0.3) is 11.5 Å². The third-order valence-corrected chi connectivity index (χ3v) is 5.20. The molecule has 0 bridgehead atoms. The van der Waals surface area contributed by atoms with Gasteiger partial charge in [-0.1, -0.05) is 29.4 Å². The number of fused-ring (bicyclic) bond motifs is 1. The van der Waals surface area contributed by atoms with Gasteiger partial charge in [0.15, 0.2) is 0 Å². The summed E-state index contributed by atoms with van der Waals surface area (Å²) in [5.41, 5.74) is 1.75. The van der Waals surface area contributed by atoms with Gasteiger partial charge >= 0.3 is 0 Å². The average Bonchev–Trinajstić information content (AvgIpc) is 3.30. The second-order valence-corrected chi connectivity index (χ2v) is 7.39. The monoisotopic (exact) mass is 420 g/mol. The predicted octanol–water partition coefficient (Wildman–Crippen LogP) is 2.72. The quantitative estimate of drug-likeness (QED) is 0.468. The molecular formula is C23H24N4O4. The van der Waals surface area contributed by atoms with Crippen LogP contribution >= 0.6 is 0 Å². The third-order valence-electron chi connectivity index (χ3n) is 5.20. The van der Waals surface area contributed by atoms with Crippen LogP contribution in [0.25, 0.3) is 10.9 Å². The standard InChI is InChI=1S/C23H24N4O4/c1-30-24-13-16-8-10-17(11-9-16)23(29)27(14-18-5-4-12-31-18)15-21-25-20-7-3-2-6-19(20)22(28)26-21/h2-3,6-11,13,18H,4-5,12,14-15H2,1H3,(H,25,26,28). The van der Waals surface area contributed by atoms with Crippen LogP contribution in [0.2, 0.25) is 0 Å². The van der Waals surface area contributed by atoms with Crippen molar-refractivity contribution in [1.82, 2.24) is 14.9 Å². The van der Waals surface area contributed by atoms with E-state index >= 15 is 0 Å². The molecule has 1 unspecified atom stereocenters. The molecule has 1 atom stereocenters. The van der Waals surface area contributed by atoms with Gasteiger partial charge < -0.3 is 19.5 Å². The number of aromatic amines is 1. The van der Waals surface area contributed by atoms with E-state index in [9.17, 15) is 9.59 Å². The number of hydrogen-bond donors (Lipinski definition) is 1. The number of H-pyrrole nitrogens is 1. The van der Waals surface area contributed by atoms with Crippen molar-refractivity contribution in [2.24, 2.45) is 5.16 Å². The van der Waals surface area contributed by atoms with Crippen LogP contribution in [-0.2, 0) is 16.1 Å². The lowest BCUT2D eigenvalue weighted by Crippen LogP contribution is -2.37. The molecule has 8 heteroatoms. The van der Waals surface area contributed by atoms with Crippen LogP contribution in [0.4, 0.5) is 0 Å². The van der Waals surface area contributed by atoms with Crippen LogP contribution in [0.1, 0.15) is 34.6 Å². The number of nitrogens with one attached hydrogen (secondary N) is 1. The first-order valence-corrected chi connectivity index (χ1v) is 10.2. The molecule has 160 valence electrons. The fourth-order valence-corrected chi connectivity index (χ4v) is 3.65. The zero-order valence-corrected chi connectivity index (χ0v) is 17.3.